The number of hydrogen-bond acceptors (Lipinski definition) is 4. The minimum Gasteiger partial charge on any atom is -0.478 e. The third-order valence-corrected chi connectivity index (χ3v) is 3.04. The molecule has 1 atom stereocenters. The first-order valence-electron chi connectivity index (χ1n) is 5.75. The summed E-state index contributed by atoms with van der Waals surface area (Å²) in [4.78, 5) is 17.1. The average Bonchev–Trinajstić information content (AvgIpc) is 2.38. The maximum atomic E-state index is 11.2. The molecular formula is C12H16N2O3. The smallest absolute Gasteiger partial charge is 0.339 e. The van der Waals surface area contributed by atoms with E-state index in [1.54, 1.807) is 12.3 Å². The molecule has 1 unspecified atom stereocenters. The van der Waals surface area contributed by atoms with E-state index in [4.69, 9.17) is 9.84 Å². The van der Waals surface area contributed by atoms with Crippen molar-refractivity contribution >= 4 is 11.7 Å². The fourth-order valence-corrected chi connectivity index (χ4v) is 2.11. The van der Waals surface area contributed by atoms with Gasteiger partial charge in [-0.15, -0.1) is 0 Å². The molecule has 1 fully saturated rings. The van der Waals surface area contributed by atoms with E-state index in [1.165, 1.54) is 6.20 Å². The number of nitrogens with zero attached hydrogens (tertiary/aromatic N) is 2. The van der Waals surface area contributed by atoms with Crippen molar-refractivity contribution in [2.45, 2.75) is 19.4 Å². The van der Waals surface area contributed by atoms with Crippen LogP contribution in [0.25, 0.3) is 0 Å². The van der Waals surface area contributed by atoms with Gasteiger partial charge in [0, 0.05) is 18.9 Å². The lowest BCUT2D eigenvalue weighted by Crippen LogP contribution is -2.45. The average molecular weight is 236 g/mol. The number of anilines is 1. The largest absolute Gasteiger partial charge is 0.478 e. The molecule has 0 aliphatic carbocycles. The Bertz CT molecular complexity index is 408. The fraction of sp³-hybridized carbons (Fsp3) is 0.500. The van der Waals surface area contributed by atoms with Gasteiger partial charge in [0.15, 0.2) is 0 Å². The number of aromatic carboxylic acids is 1. The Morgan fingerprint density at radius 1 is 1.71 bits per heavy atom. The standard InChI is InChI=1S/C12H16N2O3/c1-2-9-8-17-6-5-14(9)11-3-4-13-7-10(11)12(15)16/h3-4,7,9H,2,5-6,8H2,1H3,(H,15,16). The van der Waals surface area contributed by atoms with Crippen LogP contribution in [0.5, 0.6) is 0 Å². The molecule has 0 spiro atoms. The molecule has 1 aliphatic rings. The Morgan fingerprint density at radius 2 is 2.53 bits per heavy atom. The Labute approximate surface area is 100 Å². The number of carboxylic acids is 1. The van der Waals surface area contributed by atoms with Crippen molar-refractivity contribution in [3.8, 4) is 0 Å². The molecule has 1 aromatic rings. The molecule has 1 aromatic heterocycles. The van der Waals surface area contributed by atoms with Gasteiger partial charge in [-0.1, -0.05) is 6.92 Å². The molecule has 2 heterocycles. The molecular weight excluding hydrogens is 220 g/mol. The molecule has 1 aliphatic heterocycles. The van der Waals surface area contributed by atoms with Crippen LogP contribution < -0.4 is 4.90 Å². The van der Waals surface area contributed by atoms with Crippen LogP contribution in [0.3, 0.4) is 0 Å². The van der Waals surface area contributed by atoms with Crippen LogP contribution in [0.15, 0.2) is 18.5 Å². The van der Waals surface area contributed by atoms with Gasteiger partial charge in [0.25, 0.3) is 0 Å². The summed E-state index contributed by atoms with van der Waals surface area (Å²) in [5, 5.41) is 9.16. The highest BCUT2D eigenvalue weighted by molar-refractivity contribution is 5.94. The molecule has 1 saturated heterocycles. The van der Waals surface area contributed by atoms with Gasteiger partial charge in [-0.25, -0.2) is 4.79 Å². The van der Waals surface area contributed by atoms with E-state index < -0.39 is 5.97 Å². The molecule has 0 saturated carbocycles. The second-order valence-corrected chi connectivity index (χ2v) is 4.03. The van der Waals surface area contributed by atoms with Crippen molar-refractivity contribution in [2.75, 3.05) is 24.7 Å². The summed E-state index contributed by atoms with van der Waals surface area (Å²) in [6.45, 7) is 4.09. The molecule has 0 bridgehead atoms. The Hall–Kier alpha value is -1.62. The lowest BCUT2D eigenvalue weighted by atomic mass is 10.1. The summed E-state index contributed by atoms with van der Waals surface area (Å²) in [6.07, 6.45) is 3.96. The molecule has 0 aromatic carbocycles. The van der Waals surface area contributed by atoms with Crippen molar-refractivity contribution in [2.24, 2.45) is 0 Å². The number of ether oxygens (including phenoxy) is 1. The van der Waals surface area contributed by atoms with E-state index in [9.17, 15) is 4.79 Å². The first-order valence-corrected chi connectivity index (χ1v) is 5.75. The number of rotatable bonds is 3. The highest BCUT2D eigenvalue weighted by Crippen LogP contribution is 2.24. The molecule has 2 rings (SSSR count). The van der Waals surface area contributed by atoms with Crippen molar-refractivity contribution in [1.29, 1.82) is 0 Å². The number of hydrogen-bond donors (Lipinski definition) is 1. The second kappa shape index (κ2) is 5.14. The highest BCUT2D eigenvalue weighted by atomic mass is 16.5. The molecule has 1 N–H and O–H groups in total. The van der Waals surface area contributed by atoms with Gasteiger partial charge in [-0.2, -0.15) is 0 Å². The lowest BCUT2D eigenvalue weighted by molar-refractivity contribution is 0.0693. The van der Waals surface area contributed by atoms with Crippen LogP contribution in [-0.2, 0) is 4.74 Å². The number of carboxylic acid groups (broad SMARTS) is 1. The van der Waals surface area contributed by atoms with Crippen LogP contribution in [-0.4, -0.2) is 41.9 Å². The lowest BCUT2D eigenvalue weighted by Gasteiger charge is -2.37. The first kappa shape index (κ1) is 11.9. The maximum Gasteiger partial charge on any atom is 0.339 e. The molecule has 5 nitrogen and oxygen atoms in total. The van der Waals surface area contributed by atoms with Crippen molar-refractivity contribution in [3.05, 3.63) is 24.0 Å². The van der Waals surface area contributed by atoms with Crippen LogP contribution in [0.4, 0.5) is 5.69 Å². The molecule has 5 heteroatoms. The quantitative estimate of drug-likeness (QED) is 0.859. The first-order chi connectivity index (χ1) is 8.24. The van der Waals surface area contributed by atoms with Gasteiger partial charge in [-0.3, -0.25) is 4.98 Å². The van der Waals surface area contributed by atoms with E-state index in [0.717, 1.165) is 18.7 Å². The zero-order chi connectivity index (χ0) is 12.3. The summed E-state index contributed by atoms with van der Waals surface area (Å²) >= 11 is 0. The molecule has 17 heavy (non-hydrogen) atoms. The summed E-state index contributed by atoms with van der Waals surface area (Å²) in [5.74, 6) is -0.936. The third-order valence-electron chi connectivity index (χ3n) is 3.04. The van der Waals surface area contributed by atoms with Gasteiger partial charge in [-0.05, 0) is 12.5 Å². The molecule has 92 valence electrons. The van der Waals surface area contributed by atoms with E-state index in [2.05, 4.69) is 16.8 Å². The van der Waals surface area contributed by atoms with Crippen LogP contribution in [0.2, 0.25) is 0 Å². The van der Waals surface area contributed by atoms with E-state index in [0.29, 0.717) is 13.2 Å². The normalized spacial score (nSPS) is 20.3. The van der Waals surface area contributed by atoms with E-state index >= 15 is 0 Å². The highest BCUT2D eigenvalue weighted by Gasteiger charge is 2.25. The van der Waals surface area contributed by atoms with Gasteiger partial charge in [0.2, 0.25) is 0 Å². The van der Waals surface area contributed by atoms with E-state index in [-0.39, 0.29) is 11.6 Å². The Kier molecular flexibility index (Phi) is 3.58. The fourth-order valence-electron chi connectivity index (χ4n) is 2.11. The molecule has 0 amide bonds. The van der Waals surface area contributed by atoms with Crippen molar-refractivity contribution in [1.82, 2.24) is 4.98 Å². The summed E-state index contributed by atoms with van der Waals surface area (Å²) in [5.41, 5.74) is 0.996. The zero-order valence-corrected chi connectivity index (χ0v) is 9.80. The molecule has 0 radical (unpaired) electrons. The van der Waals surface area contributed by atoms with Crippen molar-refractivity contribution < 1.29 is 14.6 Å². The maximum absolute atomic E-state index is 11.2. The van der Waals surface area contributed by atoms with Crippen molar-refractivity contribution in [3.63, 3.8) is 0 Å². The van der Waals surface area contributed by atoms with Crippen LogP contribution >= 0.6 is 0 Å². The monoisotopic (exact) mass is 236 g/mol. The minimum atomic E-state index is -0.936. The van der Waals surface area contributed by atoms with Crippen LogP contribution in [0.1, 0.15) is 23.7 Å². The minimum absolute atomic E-state index is 0.240. The number of pyridine rings is 1. The van der Waals surface area contributed by atoms with Crippen LogP contribution in [0, 0.1) is 0 Å². The summed E-state index contributed by atoms with van der Waals surface area (Å²) < 4.78 is 5.42. The predicted molar refractivity (Wildman–Crippen MR) is 63.4 cm³/mol. The summed E-state index contributed by atoms with van der Waals surface area (Å²) in [7, 11) is 0. The SMILES string of the molecule is CCC1COCCN1c1ccncc1C(=O)O. The number of carbonyl (C=O) groups is 1. The zero-order valence-electron chi connectivity index (χ0n) is 9.80. The number of aromatic nitrogens is 1. The van der Waals surface area contributed by atoms with Gasteiger partial charge < -0.3 is 14.7 Å². The van der Waals surface area contributed by atoms with Gasteiger partial charge in [0.1, 0.15) is 5.56 Å². The van der Waals surface area contributed by atoms with Gasteiger partial charge >= 0.3 is 5.97 Å². The Morgan fingerprint density at radius 3 is 3.24 bits per heavy atom. The van der Waals surface area contributed by atoms with E-state index in [1.807, 2.05) is 0 Å². The second-order valence-electron chi connectivity index (χ2n) is 4.03. The third kappa shape index (κ3) is 2.39. The Balaban J connectivity index is 2.34. The predicted octanol–water partition coefficient (Wildman–Crippen LogP) is 1.40. The summed E-state index contributed by atoms with van der Waals surface area (Å²) in [6, 6.07) is 2.00. The number of morpholine rings is 1. The topological polar surface area (TPSA) is 62.7 Å². The van der Waals surface area contributed by atoms with Gasteiger partial charge in [0.05, 0.1) is 24.9 Å².